The first-order valence-corrected chi connectivity index (χ1v) is 5.52. The predicted molar refractivity (Wildman–Crippen MR) is 47.6 cm³/mol. The van der Waals surface area contributed by atoms with Crippen molar-refractivity contribution in [3.05, 3.63) is 29.3 Å². The zero-order chi connectivity index (χ0) is 9.64. The summed E-state index contributed by atoms with van der Waals surface area (Å²) in [5.74, 6) is -0.666. The van der Waals surface area contributed by atoms with Crippen molar-refractivity contribution in [2.45, 2.75) is 11.8 Å². The van der Waals surface area contributed by atoms with Crippen molar-refractivity contribution < 1.29 is 13.2 Å². The Bertz CT molecular complexity index is 486. The van der Waals surface area contributed by atoms with Gasteiger partial charge in [-0.1, -0.05) is 6.07 Å². The molecule has 3 nitrogen and oxygen atoms in total. The molecule has 0 saturated heterocycles. The third-order valence-electron chi connectivity index (χ3n) is 2.09. The van der Waals surface area contributed by atoms with Crippen molar-refractivity contribution >= 4 is 15.6 Å². The van der Waals surface area contributed by atoms with Crippen molar-refractivity contribution in [3.63, 3.8) is 0 Å². The summed E-state index contributed by atoms with van der Waals surface area (Å²) < 4.78 is 22.8. The largest absolute Gasteiger partial charge is 0.293 e. The molecule has 1 aliphatic rings. The summed E-state index contributed by atoms with van der Waals surface area (Å²) in [6, 6.07) is 4.88. The van der Waals surface area contributed by atoms with Gasteiger partial charge in [0.2, 0.25) is 0 Å². The Balaban J connectivity index is 2.81. The molecule has 0 aliphatic carbocycles. The Morgan fingerprint density at radius 3 is 2.69 bits per heavy atom. The van der Waals surface area contributed by atoms with E-state index in [1.165, 1.54) is 0 Å². The van der Waals surface area contributed by atoms with Crippen LogP contribution in [0.3, 0.4) is 0 Å². The second kappa shape index (κ2) is 2.42. The number of benzene rings is 1. The minimum Gasteiger partial charge on any atom is -0.293 e. The van der Waals surface area contributed by atoms with Crippen LogP contribution in [0.1, 0.15) is 15.9 Å². The number of hydrogen-bond donors (Lipinski definition) is 0. The van der Waals surface area contributed by atoms with Crippen LogP contribution in [0.2, 0.25) is 0 Å². The molecule has 0 bridgehead atoms. The van der Waals surface area contributed by atoms with Crippen LogP contribution in [-0.2, 0) is 9.84 Å². The maximum absolute atomic E-state index is 11.4. The zero-order valence-electron chi connectivity index (χ0n) is 7.07. The first-order valence-electron chi connectivity index (χ1n) is 3.87. The van der Waals surface area contributed by atoms with E-state index in [4.69, 9.17) is 0 Å². The third kappa shape index (κ3) is 1.18. The van der Waals surface area contributed by atoms with Crippen LogP contribution in [0.5, 0.6) is 0 Å². The Morgan fingerprint density at radius 2 is 2.00 bits per heavy atom. The molecule has 68 valence electrons. The Labute approximate surface area is 76.3 Å². The summed E-state index contributed by atoms with van der Waals surface area (Å²) in [6.45, 7) is 1.80. The van der Waals surface area contributed by atoms with Crippen molar-refractivity contribution in [1.29, 1.82) is 0 Å². The summed E-state index contributed by atoms with van der Waals surface area (Å²) in [4.78, 5) is 11.4. The molecule has 0 amide bonds. The number of ketones is 1. The van der Waals surface area contributed by atoms with Crippen molar-refractivity contribution in [1.82, 2.24) is 0 Å². The molecule has 0 spiro atoms. The lowest BCUT2D eigenvalue weighted by Crippen LogP contribution is -2.03. The lowest BCUT2D eigenvalue weighted by molar-refractivity contribution is 0.102. The molecule has 1 heterocycles. The fraction of sp³-hybridized carbons (Fsp3) is 0.222. The van der Waals surface area contributed by atoms with Crippen LogP contribution in [-0.4, -0.2) is 20.0 Å². The number of aryl methyl sites for hydroxylation is 1. The van der Waals surface area contributed by atoms with E-state index in [2.05, 4.69) is 0 Å². The van der Waals surface area contributed by atoms with E-state index in [9.17, 15) is 13.2 Å². The number of fused-ring (bicyclic) bond motifs is 1. The zero-order valence-corrected chi connectivity index (χ0v) is 7.89. The van der Waals surface area contributed by atoms with Gasteiger partial charge in [-0.3, -0.25) is 4.79 Å². The second-order valence-electron chi connectivity index (χ2n) is 3.18. The van der Waals surface area contributed by atoms with Gasteiger partial charge < -0.3 is 0 Å². The van der Waals surface area contributed by atoms with Crippen LogP contribution in [0.15, 0.2) is 23.1 Å². The molecule has 13 heavy (non-hydrogen) atoms. The van der Waals surface area contributed by atoms with Crippen molar-refractivity contribution in [2.75, 3.05) is 5.75 Å². The lowest BCUT2D eigenvalue weighted by atomic mass is 10.1. The number of carbonyl (C=O) groups is 1. The lowest BCUT2D eigenvalue weighted by Gasteiger charge is -1.97. The number of carbonyl (C=O) groups excluding carboxylic acids is 1. The number of sulfone groups is 1. The molecule has 1 aliphatic heterocycles. The fourth-order valence-electron chi connectivity index (χ4n) is 1.45. The normalized spacial score (nSPS) is 18.7. The summed E-state index contributed by atoms with van der Waals surface area (Å²) in [7, 11) is -3.33. The molecule has 0 atom stereocenters. The van der Waals surface area contributed by atoms with Crippen LogP contribution in [0.25, 0.3) is 0 Å². The molecule has 1 aromatic rings. The highest BCUT2D eigenvalue weighted by Crippen LogP contribution is 2.26. The van der Waals surface area contributed by atoms with E-state index >= 15 is 0 Å². The molecule has 4 heteroatoms. The Hall–Kier alpha value is -1.16. The number of Topliss-reactive ketones (excluding diaryl/α,β-unsaturated/α-hetero) is 1. The number of hydrogen-bond acceptors (Lipinski definition) is 3. The van der Waals surface area contributed by atoms with E-state index in [1.54, 1.807) is 25.1 Å². The van der Waals surface area contributed by atoms with Gasteiger partial charge in [0.15, 0.2) is 15.6 Å². The average Bonchev–Trinajstić information content (AvgIpc) is 2.23. The molecule has 2 rings (SSSR count). The maximum atomic E-state index is 11.4. The second-order valence-corrected chi connectivity index (χ2v) is 5.14. The van der Waals surface area contributed by atoms with E-state index in [0.717, 1.165) is 5.56 Å². The summed E-state index contributed by atoms with van der Waals surface area (Å²) in [5, 5.41) is 0. The van der Waals surface area contributed by atoms with E-state index in [-0.39, 0.29) is 16.4 Å². The van der Waals surface area contributed by atoms with Gasteiger partial charge >= 0.3 is 0 Å². The molecule has 0 N–H and O–H groups in total. The summed E-state index contributed by atoms with van der Waals surface area (Å²) >= 11 is 0. The SMILES string of the molecule is Cc1ccc2c(c1)S(=O)(=O)CC2=O. The molecular weight excluding hydrogens is 188 g/mol. The molecular formula is C9H8O3S. The fourth-order valence-corrected chi connectivity index (χ4v) is 2.98. The number of rotatable bonds is 0. The van der Waals surface area contributed by atoms with Crippen LogP contribution >= 0.6 is 0 Å². The molecule has 0 saturated carbocycles. The van der Waals surface area contributed by atoms with Gasteiger partial charge in [-0.05, 0) is 24.6 Å². The van der Waals surface area contributed by atoms with Crippen LogP contribution in [0, 0.1) is 6.92 Å². The molecule has 0 aromatic heterocycles. The minimum absolute atomic E-state index is 0.192. The smallest absolute Gasteiger partial charge is 0.186 e. The predicted octanol–water partition coefficient (Wildman–Crippen LogP) is 0.965. The molecule has 1 aromatic carbocycles. The average molecular weight is 196 g/mol. The van der Waals surface area contributed by atoms with Crippen molar-refractivity contribution in [3.8, 4) is 0 Å². The van der Waals surface area contributed by atoms with E-state index < -0.39 is 9.84 Å². The van der Waals surface area contributed by atoms with Gasteiger partial charge in [0, 0.05) is 5.56 Å². The Kier molecular flexibility index (Phi) is 1.57. The van der Waals surface area contributed by atoms with Gasteiger partial charge in [0.25, 0.3) is 0 Å². The van der Waals surface area contributed by atoms with Gasteiger partial charge in [-0.25, -0.2) is 8.42 Å². The first-order chi connectivity index (χ1) is 6.00. The maximum Gasteiger partial charge on any atom is 0.186 e. The van der Waals surface area contributed by atoms with Gasteiger partial charge in [-0.15, -0.1) is 0 Å². The highest BCUT2D eigenvalue weighted by molar-refractivity contribution is 7.92. The molecule has 0 radical (unpaired) electrons. The highest BCUT2D eigenvalue weighted by Gasteiger charge is 2.32. The summed E-state index contributed by atoms with van der Waals surface area (Å²) in [5.41, 5.74) is 1.20. The Morgan fingerprint density at radius 1 is 1.31 bits per heavy atom. The molecule has 0 fully saturated rings. The first kappa shape index (κ1) is 8.44. The van der Waals surface area contributed by atoms with E-state index in [0.29, 0.717) is 5.56 Å². The van der Waals surface area contributed by atoms with Gasteiger partial charge in [0.1, 0.15) is 5.75 Å². The summed E-state index contributed by atoms with van der Waals surface area (Å²) in [6.07, 6.45) is 0. The highest BCUT2D eigenvalue weighted by atomic mass is 32.2. The van der Waals surface area contributed by atoms with E-state index in [1.807, 2.05) is 0 Å². The van der Waals surface area contributed by atoms with Crippen LogP contribution < -0.4 is 0 Å². The standard InChI is InChI=1S/C9H8O3S/c1-6-2-3-7-8(10)5-13(11,12)9(7)4-6/h2-4H,5H2,1H3. The topological polar surface area (TPSA) is 51.2 Å². The van der Waals surface area contributed by atoms with Gasteiger partial charge in [-0.2, -0.15) is 0 Å². The third-order valence-corrected chi connectivity index (χ3v) is 3.74. The van der Waals surface area contributed by atoms with Gasteiger partial charge in [0.05, 0.1) is 4.90 Å². The quantitative estimate of drug-likeness (QED) is 0.621. The molecule has 0 unspecified atom stereocenters. The monoisotopic (exact) mass is 196 g/mol. The minimum atomic E-state index is -3.33. The van der Waals surface area contributed by atoms with Crippen molar-refractivity contribution in [2.24, 2.45) is 0 Å². The van der Waals surface area contributed by atoms with Crippen LogP contribution in [0.4, 0.5) is 0 Å².